The lowest BCUT2D eigenvalue weighted by Gasteiger charge is -2.13. The lowest BCUT2D eigenvalue weighted by Crippen LogP contribution is -2.37. The van der Waals surface area contributed by atoms with Crippen molar-refractivity contribution in [2.75, 3.05) is 17.8 Å². The van der Waals surface area contributed by atoms with E-state index in [9.17, 15) is 22.0 Å². The van der Waals surface area contributed by atoms with E-state index in [2.05, 4.69) is 15.4 Å². The van der Waals surface area contributed by atoms with Gasteiger partial charge in [-0.05, 0) is 55.8 Å². The minimum absolute atomic E-state index is 0.145. The highest BCUT2D eigenvalue weighted by Gasteiger charge is 2.18. The smallest absolute Gasteiger partial charge is 0.261 e. The van der Waals surface area contributed by atoms with Crippen LogP contribution in [0, 0.1) is 11.6 Å². The van der Waals surface area contributed by atoms with Gasteiger partial charge in [0, 0.05) is 23.8 Å². The fourth-order valence-electron chi connectivity index (χ4n) is 2.83. The number of halogens is 2. The monoisotopic (exact) mass is 395 g/mol. The van der Waals surface area contributed by atoms with E-state index in [1.807, 2.05) is 0 Å². The van der Waals surface area contributed by atoms with Crippen molar-refractivity contribution in [2.24, 2.45) is 0 Å². The maximum Gasteiger partial charge on any atom is 0.261 e. The molecule has 144 valence electrons. The van der Waals surface area contributed by atoms with Crippen LogP contribution in [0.2, 0.25) is 0 Å². The summed E-state index contributed by atoms with van der Waals surface area (Å²) in [5.41, 5.74) is 0.435. The second-order valence-electron chi connectivity index (χ2n) is 6.27. The zero-order valence-corrected chi connectivity index (χ0v) is 15.2. The molecule has 9 heteroatoms. The van der Waals surface area contributed by atoms with Crippen molar-refractivity contribution >= 4 is 21.6 Å². The molecule has 0 radical (unpaired) electrons. The minimum Gasteiger partial charge on any atom is -0.350 e. The predicted octanol–water partition coefficient (Wildman–Crippen LogP) is 2.25. The molecule has 1 heterocycles. The average Bonchev–Trinajstić information content (AvgIpc) is 3.15. The van der Waals surface area contributed by atoms with Gasteiger partial charge in [0.05, 0.1) is 4.90 Å². The third-order valence-corrected chi connectivity index (χ3v) is 5.63. The third-order valence-electron chi connectivity index (χ3n) is 4.25. The SMILES string of the molecule is O=C(NCC1CCCN1)c1cccc(NS(=O)(=O)c2ccc(F)c(F)c2)c1. The van der Waals surface area contributed by atoms with Gasteiger partial charge in [0.15, 0.2) is 11.6 Å². The Morgan fingerprint density at radius 2 is 1.96 bits per heavy atom. The van der Waals surface area contributed by atoms with E-state index in [0.717, 1.165) is 31.5 Å². The first kappa shape index (κ1) is 19.2. The summed E-state index contributed by atoms with van der Waals surface area (Å²) in [6, 6.07) is 8.49. The highest BCUT2D eigenvalue weighted by Crippen LogP contribution is 2.19. The second-order valence-corrected chi connectivity index (χ2v) is 7.95. The quantitative estimate of drug-likeness (QED) is 0.700. The van der Waals surface area contributed by atoms with Gasteiger partial charge in [0.1, 0.15) is 0 Å². The molecule has 0 bridgehead atoms. The van der Waals surface area contributed by atoms with Crippen molar-refractivity contribution in [3.05, 3.63) is 59.7 Å². The molecule has 1 atom stereocenters. The van der Waals surface area contributed by atoms with Crippen molar-refractivity contribution in [2.45, 2.75) is 23.8 Å². The average molecular weight is 395 g/mol. The first-order valence-electron chi connectivity index (χ1n) is 8.45. The summed E-state index contributed by atoms with van der Waals surface area (Å²) < 4.78 is 53.2. The predicted molar refractivity (Wildman–Crippen MR) is 97.0 cm³/mol. The standard InChI is InChI=1S/C18H19F2N3O3S/c19-16-7-6-15(10-17(16)20)27(25,26)23-13-4-1-3-12(9-13)18(24)22-11-14-5-2-8-21-14/h1,3-4,6-7,9-10,14,21,23H,2,5,8,11H2,(H,22,24). The van der Waals surface area contributed by atoms with Gasteiger partial charge in [-0.15, -0.1) is 0 Å². The van der Waals surface area contributed by atoms with Crippen LogP contribution in [-0.2, 0) is 10.0 Å². The molecule has 1 unspecified atom stereocenters. The topological polar surface area (TPSA) is 87.3 Å². The summed E-state index contributed by atoms with van der Waals surface area (Å²) in [6.07, 6.45) is 2.07. The molecule has 1 aliphatic heterocycles. The molecule has 1 aliphatic rings. The number of sulfonamides is 1. The fraction of sp³-hybridized carbons (Fsp3) is 0.278. The van der Waals surface area contributed by atoms with Crippen LogP contribution in [-0.4, -0.2) is 33.5 Å². The first-order valence-corrected chi connectivity index (χ1v) is 9.93. The molecular formula is C18H19F2N3O3S. The van der Waals surface area contributed by atoms with Gasteiger partial charge in [-0.3, -0.25) is 9.52 Å². The number of carbonyl (C=O) groups excluding carboxylic acids is 1. The van der Waals surface area contributed by atoms with E-state index in [1.54, 1.807) is 6.07 Å². The summed E-state index contributed by atoms with van der Waals surface area (Å²) >= 11 is 0. The molecule has 0 aliphatic carbocycles. The van der Waals surface area contributed by atoms with Crippen LogP contribution in [0.15, 0.2) is 47.4 Å². The second kappa shape index (κ2) is 8.01. The van der Waals surface area contributed by atoms with Gasteiger partial charge >= 0.3 is 0 Å². The molecule has 0 aromatic heterocycles. The molecule has 0 saturated carbocycles. The maximum absolute atomic E-state index is 13.3. The Labute approximate surface area is 156 Å². The van der Waals surface area contributed by atoms with Gasteiger partial charge in [0.2, 0.25) is 0 Å². The highest BCUT2D eigenvalue weighted by molar-refractivity contribution is 7.92. The first-order chi connectivity index (χ1) is 12.8. The van der Waals surface area contributed by atoms with Crippen LogP contribution in [0.1, 0.15) is 23.2 Å². The number of carbonyl (C=O) groups is 1. The Kier molecular flexibility index (Phi) is 5.71. The van der Waals surface area contributed by atoms with E-state index >= 15 is 0 Å². The Morgan fingerprint density at radius 3 is 2.67 bits per heavy atom. The van der Waals surface area contributed by atoms with Crippen LogP contribution in [0.5, 0.6) is 0 Å². The number of hydrogen-bond acceptors (Lipinski definition) is 4. The van der Waals surface area contributed by atoms with Gasteiger partial charge < -0.3 is 10.6 Å². The number of anilines is 1. The lowest BCUT2D eigenvalue weighted by atomic mass is 10.2. The summed E-state index contributed by atoms with van der Waals surface area (Å²) in [5, 5.41) is 6.08. The number of hydrogen-bond donors (Lipinski definition) is 3. The minimum atomic E-state index is -4.12. The number of benzene rings is 2. The Balaban J connectivity index is 1.70. The van der Waals surface area contributed by atoms with E-state index in [4.69, 9.17) is 0 Å². The fourth-order valence-corrected chi connectivity index (χ4v) is 3.89. The van der Waals surface area contributed by atoms with Gasteiger partial charge in [-0.25, -0.2) is 17.2 Å². The van der Waals surface area contributed by atoms with E-state index in [-0.39, 0.29) is 17.6 Å². The van der Waals surface area contributed by atoms with Crippen LogP contribution in [0.4, 0.5) is 14.5 Å². The summed E-state index contributed by atoms with van der Waals surface area (Å²) in [5.74, 6) is -2.71. The van der Waals surface area contributed by atoms with Gasteiger partial charge in [0.25, 0.3) is 15.9 Å². The van der Waals surface area contributed by atoms with Crippen LogP contribution in [0.25, 0.3) is 0 Å². The Hall–Kier alpha value is -2.52. The molecule has 2 aromatic carbocycles. The molecule has 3 rings (SSSR count). The molecule has 6 nitrogen and oxygen atoms in total. The third kappa shape index (κ3) is 4.81. The normalized spacial score (nSPS) is 16.9. The number of amides is 1. The van der Waals surface area contributed by atoms with Crippen molar-refractivity contribution < 1.29 is 22.0 Å². The van der Waals surface area contributed by atoms with E-state index < -0.39 is 26.6 Å². The number of rotatable bonds is 6. The Bertz CT molecular complexity index is 945. The maximum atomic E-state index is 13.3. The van der Waals surface area contributed by atoms with Gasteiger partial charge in [-0.2, -0.15) is 0 Å². The van der Waals surface area contributed by atoms with Crippen molar-refractivity contribution in [3.63, 3.8) is 0 Å². The summed E-state index contributed by atoms with van der Waals surface area (Å²) in [7, 11) is -4.12. The molecule has 2 aromatic rings. The van der Waals surface area contributed by atoms with Crippen molar-refractivity contribution in [1.29, 1.82) is 0 Å². The molecule has 1 fully saturated rings. The highest BCUT2D eigenvalue weighted by atomic mass is 32.2. The zero-order chi connectivity index (χ0) is 19.4. The van der Waals surface area contributed by atoms with Gasteiger partial charge in [-0.1, -0.05) is 6.07 Å². The summed E-state index contributed by atoms with van der Waals surface area (Å²) in [4.78, 5) is 11.9. The lowest BCUT2D eigenvalue weighted by molar-refractivity contribution is 0.0950. The molecular weight excluding hydrogens is 376 g/mol. The molecule has 0 spiro atoms. The van der Waals surface area contributed by atoms with E-state index in [1.165, 1.54) is 18.2 Å². The van der Waals surface area contributed by atoms with Crippen molar-refractivity contribution in [1.82, 2.24) is 10.6 Å². The molecule has 27 heavy (non-hydrogen) atoms. The molecule has 1 saturated heterocycles. The zero-order valence-electron chi connectivity index (χ0n) is 14.3. The Morgan fingerprint density at radius 1 is 1.15 bits per heavy atom. The van der Waals surface area contributed by atoms with Crippen LogP contribution >= 0.6 is 0 Å². The largest absolute Gasteiger partial charge is 0.350 e. The number of nitrogens with one attached hydrogen (secondary N) is 3. The molecule has 3 N–H and O–H groups in total. The van der Waals surface area contributed by atoms with Crippen molar-refractivity contribution in [3.8, 4) is 0 Å². The summed E-state index contributed by atoms with van der Waals surface area (Å²) in [6.45, 7) is 1.42. The van der Waals surface area contributed by atoms with Crippen LogP contribution < -0.4 is 15.4 Å². The molecule has 1 amide bonds. The van der Waals surface area contributed by atoms with E-state index in [0.29, 0.717) is 18.2 Å². The van der Waals surface area contributed by atoms with Crippen LogP contribution in [0.3, 0.4) is 0 Å².